The number of carbonyl (C=O) groups is 1. The number of rotatable bonds is 8. The molecule has 0 spiro atoms. The van der Waals surface area contributed by atoms with E-state index in [0.717, 1.165) is 5.56 Å². The first kappa shape index (κ1) is 16.1. The Bertz CT molecular complexity index is 465. The minimum Gasteiger partial charge on any atom is -0.383 e. The number of methoxy groups -OCH3 is 1. The number of hydrogen-bond donors (Lipinski definition) is 2. The molecule has 1 atom stereocenters. The molecule has 0 aliphatic rings. The smallest absolute Gasteiger partial charge is 0.269 e. The van der Waals surface area contributed by atoms with Crippen LogP contribution in [0.3, 0.4) is 0 Å². The summed E-state index contributed by atoms with van der Waals surface area (Å²) in [7, 11) is 1.56. The molecule has 20 heavy (non-hydrogen) atoms. The van der Waals surface area contributed by atoms with Crippen LogP contribution in [0.4, 0.5) is 5.69 Å². The zero-order chi connectivity index (χ0) is 15.0. The molecule has 0 saturated heterocycles. The van der Waals surface area contributed by atoms with Crippen LogP contribution in [0.25, 0.3) is 0 Å². The molecule has 0 radical (unpaired) electrons. The molecule has 0 aliphatic carbocycles. The monoisotopic (exact) mass is 281 g/mol. The Labute approximate surface area is 117 Å². The van der Waals surface area contributed by atoms with Crippen molar-refractivity contribution in [2.75, 3.05) is 26.8 Å². The number of nitrogens with zero attached hydrogens (tertiary/aromatic N) is 1. The average molecular weight is 281 g/mol. The molecule has 1 aromatic carbocycles. The fraction of sp³-hybridized carbons (Fsp3) is 0.462. The Balaban J connectivity index is 2.46. The standard InChI is InChI=1S/C13H19N3O4/c1-10(15-9-13(17)14-6-7-20-2)11-4-3-5-12(8-11)16(18)19/h3-5,8,10,15H,6-7,9H2,1-2H3,(H,14,17). The number of ether oxygens (including phenoxy) is 1. The molecule has 0 heterocycles. The van der Waals surface area contributed by atoms with Crippen LogP contribution in [-0.4, -0.2) is 37.6 Å². The number of hydrogen-bond acceptors (Lipinski definition) is 5. The van der Waals surface area contributed by atoms with Gasteiger partial charge in [0.25, 0.3) is 5.69 Å². The fourth-order valence-electron chi connectivity index (χ4n) is 1.63. The van der Waals surface area contributed by atoms with Crippen LogP contribution >= 0.6 is 0 Å². The second-order valence-corrected chi connectivity index (χ2v) is 4.30. The summed E-state index contributed by atoms with van der Waals surface area (Å²) < 4.78 is 4.82. The van der Waals surface area contributed by atoms with Crippen LogP contribution in [-0.2, 0) is 9.53 Å². The van der Waals surface area contributed by atoms with Crippen molar-refractivity contribution < 1.29 is 14.5 Å². The summed E-state index contributed by atoms with van der Waals surface area (Å²) in [5, 5.41) is 16.4. The number of nitro benzene ring substituents is 1. The average Bonchev–Trinajstić information content (AvgIpc) is 2.45. The second-order valence-electron chi connectivity index (χ2n) is 4.30. The topological polar surface area (TPSA) is 93.5 Å². The number of nitrogens with one attached hydrogen (secondary N) is 2. The highest BCUT2D eigenvalue weighted by Crippen LogP contribution is 2.18. The van der Waals surface area contributed by atoms with Crippen molar-refractivity contribution >= 4 is 11.6 Å². The molecule has 1 rings (SSSR count). The zero-order valence-electron chi connectivity index (χ0n) is 11.6. The lowest BCUT2D eigenvalue weighted by Gasteiger charge is -2.14. The number of nitro groups is 1. The first-order valence-corrected chi connectivity index (χ1v) is 6.28. The predicted molar refractivity (Wildman–Crippen MR) is 74.4 cm³/mol. The molecule has 1 aromatic rings. The second kappa shape index (κ2) is 8.23. The van der Waals surface area contributed by atoms with E-state index in [1.54, 1.807) is 19.2 Å². The Kier molecular flexibility index (Phi) is 6.61. The maximum absolute atomic E-state index is 11.5. The third-order valence-corrected chi connectivity index (χ3v) is 2.78. The van der Waals surface area contributed by atoms with Crippen LogP contribution in [0.2, 0.25) is 0 Å². The SMILES string of the molecule is COCCNC(=O)CNC(C)c1cccc([N+](=O)[O-])c1. The molecule has 0 fully saturated rings. The van der Waals surface area contributed by atoms with Gasteiger partial charge in [0.15, 0.2) is 0 Å². The molecule has 7 nitrogen and oxygen atoms in total. The van der Waals surface area contributed by atoms with Crippen molar-refractivity contribution in [1.82, 2.24) is 10.6 Å². The lowest BCUT2D eigenvalue weighted by molar-refractivity contribution is -0.384. The van der Waals surface area contributed by atoms with Crippen molar-refractivity contribution in [2.24, 2.45) is 0 Å². The van der Waals surface area contributed by atoms with E-state index in [1.807, 2.05) is 6.92 Å². The quantitative estimate of drug-likeness (QED) is 0.421. The van der Waals surface area contributed by atoms with Crippen LogP contribution in [0.15, 0.2) is 24.3 Å². The van der Waals surface area contributed by atoms with Gasteiger partial charge in [-0.05, 0) is 12.5 Å². The third-order valence-electron chi connectivity index (χ3n) is 2.78. The molecule has 1 amide bonds. The largest absolute Gasteiger partial charge is 0.383 e. The molecular weight excluding hydrogens is 262 g/mol. The van der Waals surface area contributed by atoms with Crippen molar-refractivity contribution in [2.45, 2.75) is 13.0 Å². The summed E-state index contributed by atoms with van der Waals surface area (Å²) in [4.78, 5) is 21.8. The van der Waals surface area contributed by atoms with Crippen LogP contribution in [0.1, 0.15) is 18.5 Å². The Morgan fingerprint density at radius 1 is 1.50 bits per heavy atom. The fourth-order valence-corrected chi connectivity index (χ4v) is 1.63. The van der Waals surface area contributed by atoms with E-state index in [9.17, 15) is 14.9 Å². The van der Waals surface area contributed by atoms with Gasteiger partial charge >= 0.3 is 0 Å². The van der Waals surface area contributed by atoms with Crippen molar-refractivity contribution in [3.8, 4) is 0 Å². The normalized spacial score (nSPS) is 11.9. The highest BCUT2D eigenvalue weighted by molar-refractivity contribution is 5.78. The minimum absolute atomic E-state index is 0.0423. The van der Waals surface area contributed by atoms with Gasteiger partial charge in [-0.15, -0.1) is 0 Å². The molecular formula is C13H19N3O4. The van der Waals surface area contributed by atoms with Gasteiger partial charge in [0, 0.05) is 31.8 Å². The Morgan fingerprint density at radius 2 is 2.25 bits per heavy atom. The van der Waals surface area contributed by atoms with Gasteiger partial charge in [0.2, 0.25) is 5.91 Å². The van der Waals surface area contributed by atoms with Crippen molar-refractivity contribution in [1.29, 1.82) is 0 Å². The summed E-state index contributed by atoms with van der Waals surface area (Å²) in [6.07, 6.45) is 0. The maximum Gasteiger partial charge on any atom is 0.269 e. The summed E-state index contributed by atoms with van der Waals surface area (Å²) in [6, 6.07) is 6.20. The summed E-state index contributed by atoms with van der Waals surface area (Å²) in [6.45, 7) is 2.92. The molecule has 2 N–H and O–H groups in total. The number of benzene rings is 1. The highest BCUT2D eigenvalue weighted by Gasteiger charge is 2.11. The van der Waals surface area contributed by atoms with E-state index in [-0.39, 0.29) is 24.2 Å². The Morgan fingerprint density at radius 3 is 2.90 bits per heavy atom. The van der Waals surface area contributed by atoms with Crippen LogP contribution in [0, 0.1) is 10.1 Å². The molecule has 0 bridgehead atoms. The number of carbonyl (C=O) groups excluding carboxylic acids is 1. The van der Waals surface area contributed by atoms with Gasteiger partial charge in [-0.25, -0.2) is 0 Å². The Hall–Kier alpha value is -1.99. The molecule has 0 saturated carbocycles. The minimum atomic E-state index is -0.437. The zero-order valence-corrected chi connectivity index (χ0v) is 11.6. The third kappa shape index (κ3) is 5.33. The van der Waals surface area contributed by atoms with E-state index in [1.165, 1.54) is 12.1 Å². The summed E-state index contributed by atoms with van der Waals surface area (Å²) in [5.74, 6) is -0.140. The van der Waals surface area contributed by atoms with Gasteiger partial charge in [-0.1, -0.05) is 12.1 Å². The predicted octanol–water partition coefficient (Wildman–Crippen LogP) is 1.01. The van der Waals surface area contributed by atoms with Crippen molar-refractivity contribution in [3.05, 3.63) is 39.9 Å². The molecule has 110 valence electrons. The lowest BCUT2D eigenvalue weighted by Crippen LogP contribution is -2.36. The lowest BCUT2D eigenvalue weighted by atomic mass is 10.1. The molecule has 1 unspecified atom stereocenters. The van der Waals surface area contributed by atoms with Crippen molar-refractivity contribution in [3.63, 3.8) is 0 Å². The first-order chi connectivity index (χ1) is 9.54. The van der Waals surface area contributed by atoms with Gasteiger partial charge in [-0.2, -0.15) is 0 Å². The van der Waals surface area contributed by atoms with E-state index < -0.39 is 4.92 Å². The van der Waals surface area contributed by atoms with Crippen LogP contribution in [0.5, 0.6) is 0 Å². The van der Waals surface area contributed by atoms with E-state index in [0.29, 0.717) is 13.2 Å². The van der Waals surface area contributed by atoms with E-state index in [2.05, 4.69) is 10.6 Å². The first-order valence-electron chi connectivity index (χ1n) is 6.28. The van der Waals surface area contributed by atoms with Crippen LogP contribution < -0.4 is 10.6 Å². The molecule has 0 aliphatic heterocycles. The van der Waals surface area contributed by atoms with Gasteiger partial charge in [0.1, 0.15) is 0 Å². The maximum atomic E-state index is 11.5. The van der Waals surface area contributed by atoms with E-state index >= 15 is 0 Å². The summed E-state index contributed by atoms with van der Waals surface area (Å²) >= 11 is 0. The number of amides is 1. The van der Waals surface area contributed by atoms with Gasteiger partial charge < -0.3 is 15.4 Å². The number of non-ortho nitro benzene ring substituents is 1. The van der Waals surface area contributed by atoms with Gasteiger partial charge in [0.05, 0.1) is 18.1 Å². The molecule has 0 aromatic heterocycles. The van der Waals surface area contributed by atoms with E-state index in [4.69, 9.17) is 4.74 Å². The summed E-state index contributed by atoms with van der Waals surface area (Å²) in [5.41, 5.74) is 0.810. The molecule has 7 heteroatoms. The highest BCUT2D eigenvalue weighted by atomic mass is 16.6. The van der Waals surface area contributed by atoms with Gasteiger partial charge in [-0.3, -0.25) is 14.9 Å².